The van der Waals surface area contributed by atoms with Crippen LogP contribution in [0.1, 0.15) is 56.6 Å². The molecule has 176 valence electrons. The first kappa shape index (κ1) is 23.4. The summed E-state index contributed by atoms with van der Waals surface area (Å²) in [4.78, 5) is 28.1. The smallest absolute Gasteiger partial charge is 0.242 e. The van der Waals surface area contributed by atoms with Crippen LogP contribution in [-0.2, 0) is 22.6 Å². The molecule has 1 saturated carbocycles. The van der Waals surface area contributed by atoms with Crippen LogP contribution in [0.3, 0.4) is 0 Å². The molecular weight excluding hydrogens is 440 g/mol. The lowest BCUT2D eigenvalue weighted by molar-refractivity contribution is -0.141. The molecule has 2 aromatic rings. The molecule has 33 heavy (non-hydrogen) atoms. The summed E-state index contributed by atoms with van der Waals surface area (Å²) >= 11 is 6.16. The minimum atomic E-state index is -0.574. The van der Waals surface area contributed by atoms with Crippen LogP contribution in [0.4, 0.5) is 0 Å². The highest BCUT2D eigenvalue weighted by Gasteiger charge is 2.28. The van der Waals surface area contributed by atoms with Crippen LogP contribution in [0.25, 0.3) is 0 Å². The second-order valence-electron chi connectivity index (χ2n) is 8.86. The Morgan fingerprint density at radius 1 is 1.06 bits per heavy atom. The lowest BCUT2D eigenvalue weighted by atomic mass is 9.95. The van der Waals surface area contributed by atoms with Crippen LogP contribution < -0.4 is 14.8 Å². The van der Waals surface area contributed by atoms with Gasteiger partial charge in [-0.15, -0.1) is 0 Å². The van der Waals surface area contributed by atoms with Crippen molar-refractivity contribution in [3.63, 3.8) is 0 Å². The van der Waals surface area contributed by atoms with Gasteiger partial charge in [0.15, 0.2) is 11.5 Å². The Bertz CT molecular complexity index is 990. The average molecular weight is 471 g/mol. The maximum Gasteiger partial charge on any atom is 0.242 e. The van der Waals surface area contributed by atoms with Crippen LogP contribution in [0.5, 0.6) is 11.5 Å². The summed E-state index contributed by atoms with van der Waals surface area (Å²) in [6.45, 7) is 2.36. The zero-order valence-corrected chi connectivity index (χ0v) is 19.8. The standard InChI is InChI=1S/C26H31ClN2O4/c1-18(26(31)28-22-8-3-2-4-9-22)29(16-20-6-5-7-21(27)14-20)25(30)13-11-19-10-12-23-24(15-19)33-17-32-23/h5-7,10,12,14-15,18,22H,2-4,8-9,11,13,16-17H2,1H3,(H,28,31). The highest BCUT2D eigenvalue weighted by Crippen LogP contribution is 2.33. The predicted octanol–water partition coefficient (Wildman–Crippen LogP) is 4.87. The van der Waals surface area contributed by atoms with Crippen LogP contribution in [0, 0.1) is 0 Å². The van der Waals surface area contributed by atoms with Gasteiger partial charge in [0, 0.05) is 24.0 Å². The molecular formula is C26H31ClN2O4. The first-order valence-corrected chi connectivity index (χ1v) is 12.1. The molecule has 6 nitrogen and oxygen atoms in total. The van der Waals surface area contributed by atoms with Gasteiger partial charge in [0.25, 0.3) is 0 Å². The number of rotatable bonds is 8. The number of hydrogen-bond acceptors (Lipinski definition) is 4. The fourth-order valence-corrected chi connectivity index (χ4v) is 4.69. The predicted molar refractivity (Wildman–Crippen MR) is 127 cm³/mol. The van der Waals surface area contributed by atoms with E-state index in [-0.39, 0.29) is 24.6 Å². The number of carbonyl (C=O) groups is 2. The van der Waals surface area contributed by atoms with E-state index in [2.05, 4.69) is 5.32 Å². The van der Waals surface area contributed by atoms with Gasteiger partial charge in [0.1, 0.15) is 6.04 Å². The molecule has 1 unspecified atom stereocenters. The Hall–Kier alpha value is -2.73. The molecule has 1 aliphatic carbocycles. The van der Waals surface area contributed by atoms with Crippen molar-refractivity contribution >= 4 is 23.4 Å². The molecule has 0 aromatic heterocycles. The molecule has 0 spiro atoms. The molecule has 1 atom stereocenters. The van der Waals surface area contributed by atoms with Crippen molar-refractivity contribution in [3.05, 3.63) is 58.6 Å². The summed E-state index contributed by atoms with van der Waals surface area (Å²) < 4.78 is 10.8. The first-order chi connectivity index (χ1) is 16.0. The van der Waals surface area contributed by atoms with E-state index in [0.717, 1.165) is 42.6 Å². The topological polar surface area (TPSA) is 67.9 Å². The number of ether oxygens (including phenoxy) is 2. The van der Waals surface area contributed by atoms with Gasteiger partial charge in [-0.2, -0.15) is 0 Å². The number of benzene rings is 2. The molecule has 1 fully saturated rings. The molecule has 0 bridgehead atoms. The van der Waals surface area contributed by atoms with E-state index in [9.17, 15) is 9.59 Å². The van der Waals surface area contributed by atoms with E-state index in [1.54, 1.807) is 17.9 Å². The summed E-state index contributed by atoms with van der Waals surface area (Å²) in [5.41, 5.74) is 1.89. The Morgan fingerprint density at radius 3 is 2.64 bits per heavy atom. The van der Waals surface area contributed by atoms with Crippen molar-refractivity contribution in [1.82, 2.24) is 10.2 Å². The number of aryl methyl sites for hydroxylation is 1. The quantitative estimate of drug-likeness (QED) is 0.597. The number of hydrogen-bond donors (Lipinski definition) is 1. The molecule has 1 aliphatic heterocycles. The molecule has 4 rings (SSSR count). The molecule has 1 heterocycles. The van der Waals surface area contributed by atoms with Gasteiger partial charge in [0.05, 0.1) is 0 Å². The van der Waals surface area contributed by atoms with Crippen molar-refractivity contribution in [2.24, 2.45) is 0 Å². The minimum absolute atomic E-state index is 0.0704. The number of nitrogens with one attached hydrogen (secondary N) is 1. The highest BCUT2D eigenvalue weighted by molar-refractivity contribution is 6.30. The maximum absolute atomic E-state index is 13.3. The van der Waals surface area contributed by atoms with E-state index >= 15 is 0 Å². The molecule has 1 N–H and O–H groups in total. The molecule has 2 amide bonds. The lowest BCUT2D eigenvalue weighted by Crippen LogP contribution is -2.50. The Balaban J connectivity index is 1.44. The second-order valence-corrected chi connectivity index (χ2v) is 9.30. The average Bonchev–Trinajstić information content (AvgIpc) is 3.29. The molecule has 0 radical (unpaired) electrons. The summed E-state index contributed by atoms with van der Waals surface area (Å²) in [6.07, 6.45) is 6.36. The van der Waals surface area contributed by atoms with E-state index in [1.807, 2.05) is 36.4 Å². The third-order valence-electron chi connectivity index (χ3n) is 6.43. The Morgan fingerprint density at radius 2 is 1.85 bits per heavy atom. The minimum Gasteiger partial charge on any atom is -0.454 e. The zero-order chi connectivity index (χ0) is 23.2. The summed E-state index contributed by atoms with van der Waals surface area (Å²) in [5, 5.41) is 3.77. The van der Waals surface area contributed by atoms with Crippen molar-refractivity contribution in [3.8, 4) is 11.5 Å². The number of nitrogens with zero attached hydrogens (tertiary/aromatic N) is 1. The van der Waals surface area contributed by atoms with Crippen LogP contribution >= 0.6 is 11.6 Å². The number of fused-ring (bicyclic) bond motifs is 1. The van der Waals surface area contributed by atoms with E-state index in [0.29, 0.717) is 30.2 Å². The van der Waals surface area contributed by atoms with Crippen LogP contribution in [0.15, 0.2) is 42.5 Å². The number of amides is 2. The van der Waals surface area contributed by atoms with Crippen LogP contribution in [-0.4, -0.2) is 35.6 Å². The van der Waals surface area contributed by atoms with Gasteiger partial charge in [-0.1, -0.05) is 49.1 Å². The SMILES string of the molecule is CC(C(=O)NC1CCCCC1)N(Cc1cccc(Cl)c1)C(=O)CCc1ccc2c(c1)OCO2. The number of halogens is 1. The zero-order valence-electron chi connectivity index (χ0n) is 19.0. The summed E-state index contributed by atoms with van der Waals surface area (Å²) in [6, 6.07) is 12.8. The normalized spacial score (nSPS) is 16.3. The largest absolute Gasteiger partial charge is 0.454 e. The Kier molecular flexibility index (Phi) is 7.76. The van der Waals surface area contributed by atoms with Gasteiger partial charge in [-0.05, 0) is 61.6 Å². The second kappa shape index (κ2) is 10.9. The third kappa shape index (κ3) is 6.20. The van der Waals surface area contributed by atoms with Gasteiger partial charge in [-0.25, -0.2) is 0 Å². The van der Waals surface area contributed by atoms with Crippen molar-refractivity contribution < 1.29 is 19.1 Å². The van der Waals surface area contributed by atoms with Crippen LogP contribution in [0.2, 0.25) is 5.02 Å². The molecule has 0 saturated heterocycles. The fraction of sp³-hybridized carbons (Fsp3) is 0.462. The van der Waals surface area contributed by atoms with E-state index < -0.39 is 6.04 Å². The van der Waals surface area contributed by atoms with E-state index in [1.165, 1.54) is 6.42 Å². The van der Waals surface area contributed by atoms with E-state index in [4.69, 9.17) is 21.1 Å². The van der Waals surface area contributed by atoms with Crippen molar-refractivity contribution in [2.75, 3.05) is 6.79 Å². The lowest BCUT2D eigenvalue weighted by Gasteiger charge is -2.31. The fourth-order valence-electron chi connectivity index (χ4n) is 4.47. The molecule has 2 aromatic carbocycles. The van der Waals surface area contributed by atoms with Gasteiger partial charge < -0.3 is 19.7 Å². The van der Waals surface area contributed by atoms with Gasteiger partial charge in [-0.3, -0.25) is 9.59 Å². The third-order valence-corrected chi connectivity index (χ3v) is 6.66. The molecule has 7 heteroatoms. The monoisotopic (exact) mass is 470 g/mol. The van der Waals surface area contributed by atoms with Gasteiger partial charge in [0.2, 0.25) is 18.6 Å². The Labute approximate surface area is 200 Å². The summed E-state index contributed by atoms with van der Waals surface area (Å²) in [5.74, 6) is 1.26. The number of carbonyl (C=O) groups excluding carboxylic acids is 2. The van der Waals surface area contributed by atoms with Crippen molar-refractivity contribution in [1.29, 1.82) is 0 Å². The summed E-state index contributed by atoms with van der Waals surface area (Å²) in [7, 11) is 0. The van der Waals surface area contributed by atoms with Crippen molar-refractivity contribution in [2.45, 2.75) is 70.5 Å². The van der Waals surface area contributed by atoms with Gasteiger partial charge >= 0.3 is 0 Å². The molecule has 2 aliphatic rings. The maximum atomic E-state index is 13.3. The highest BCUT2D eigenvalue weighted by atomic mass is 35.5. The first-order valence-electron chi connectivity index (χ1n) is 11.7.